The minimum atomic E-state index is 0.0391. The van der Waals surface area contributed by atoms with Crippen LogP contribution in [0.25, 0.3) is 0 Å². The fraction of sp³-hybridized carbons (Fsp3) is 0.250. The van der Waals surface area contributed by atoms with E-state index in [1.807, 2.05) is 36.4 Å². The van der Waals surface area contributed by atoms with Gasteiger partial charge < -0.3 is 4.74 Å². The van der Waals surface area contributed by atoms with Crippen molar-refractivity contribution in [3.05, 3.63) is 63.6 Å². The van der Waals surface area contributed by atoms with Crippen LogP contribution in [0.3, 0.4) is 0 Å². The summed E-state index contributed by atoms with van der Waals surface area (Å²) in [5, 5.41) is 1.14. The molecule has 0 radical (unpaired) electrons. The van der Waals surface area contributed by atoms with Crippen molar-refractivity contribution < 1.29 is 4.74 Å². The van der Waals surface area contributed by atoms with E-state index in [1.165, 1.54) is 0 Å². The van der Waals surface area contributed by atoms with Gasteiger partial charge in [-0.3, -0.25) is 11.3 Å². The van der Waals surface area contributed by atoms with Crippen molar-refractivity contribution in [2.45, 2.75) is 18.9 Å². The first-order chi connectivity index (χ1) is 10.2. The smallest absolute Gasteiger partial charge is 0.122 e. The maximum Gasteiger partial charge on any atom is 0.122 e. The molecule has 1 unspecified atom stereocenters. The third-order valence-electron chi connectivity index (χ3n) is 3.39. The van der Waals surface area contributed by atoms with E-state index in [0.29, 0.717) is 16.5 Å². The largest absolute Gasteiger partial charge is 0.496 e. The van der Waals surface area contributed by atoms with Crippen LogP contribution in [0.2, 0.25) is 10.0 Å². The van der Waals surface area contributed by atoms with Gasteiger partial charge in [0.15, 0.2) is 0 Å². The number of nitrogens with two attached hydrogens (primary N) is 1. The molecule has 0 aromatic heterocycles. The minimum Gasteiger partial charge on any atom is -0.496 e. The fourth-order valence-electron chi connectivity index (χ4n) is 2.30. The van der Waals surface area contributed by atoms with Crippen molar-refractivity contribution >= 4 is 23.2 Å². The lowest BCUT2D eigenvalue weighted by atomic mass is 9.99. The number of ether oxygens (including phenoxy) is 1. The first kappa shape index (κ1) is 16.1. The normalized spacial score (nSPS) is 12.2. The van der Waals surface area contributed by atoms with E-state index >= 15 is 0 Å². The molecule has 21 heavy (non-hydrogen) atoms. The van der Waals surface area contributed by atoms with Gasteiger partial charge in [0, 0.05) is 6.04 Å². The van der Waals surface area contributed by atoms with Gasteiger partial charge in [0.05, 0.1) is 17.2 Å². The summed E-state index contributed by atoms with van der Waals surface area (Å²) in [4.78, 5) is 0. The highest BCUT2D eigenvalue weighted by molar-refractivity contribution is 6.42. The molecule has 0 saturated heterocycles. The van der Waals surface area contributed by atoms with Gasteiger partial charge >= 0.3 is 0 Å². The number of benzene rings is 2. The summed E-state index contributed by atoms with van der Waals surface area (Å²) in [6.07, 6.45) is 1.43. The monoisotopic (exact) mass is 324 g/mol. The maximum absolute atomic E-state index is 6.23. The zero-order valence-electron chi connectivity index (χ0n) is 11.8. The number of para-hydroxylation sites is 1. The molecule has 0 aliphatic carbocycles. The Hall–Kier alpha value is -1.26. The number of hydrogen-bond donors (Lipinski definition) is 2. The SMILES string of the molecule is COc1ccccc1CC(Cc1cccc(Cl)c1Cl)NN. The Morgan fingerprint density at radius 3 is 2.43 bits per heavy atom. The van der Waals surface area contributed by atoms with E-state index in [2.05, 4.69) is 5.43 Å². The second-order valence-corrected chi connectivity index (χ2v) is 5.58. The second kappa shape index (κ2) is 7.66. The van der Waals surface area contributed by atoms with Gasteiger partial charge in [0.25, 0.3) is 0 Å². The minimum absolute atomic E-state index is 0.0391. The Kier molecular flexibility index (Phi) is 5.88. The van der Waals surface area contributed by atoms with E-state index in [-0.39, 0.29) is 6.04 Å². The van der Waals surface area contributed by atoms with Crippen molar-refractivity contribution in [3.8, 4) is 5.75 Å². The van der Waals surface area contributed by atoms with Gasteiger partial charge in [-0.25, -0.2) is 0 Å². The molecule has 3 N–H and O–H groups in total. The molecular formula is C16H18Cl2N2O. The highest BCUT2D eigenvalue weighted by Crippen LogP contribution is 2.27. The van der Waals surface area contributed by atoms with Crippen molar-refractivity contribution in [2.75, 3.05) is 7.11 Å². The van der Waals surface area contributed by atoms with Crippen LogP contribution in [0.4, 0.5) is 0 Å². The summed E-state index contributed by atoms with van der Waals surface area (Å²) in [6, 6.07) is 13.6. The molecule has 0 aliphatic heterocycles. The molecule has 112 valence electrons. The molecule has 0 saturated carbocycles. The summed E-state index contributed by atoms with van der Waals surface area (Å²) in [6.45, 7) is 0. The molecule has 0 amide bonds. The number of methoxy groups -OCH3 is 1. The van der Waals surface area contributed by atoms with Crippen LogP contribution in [-0.4, -0.2) is 13.2 Å². The number of hydrazine groups is 1. The lowest BCUT2D eigenvalue weighted by Gasteiger charge is -2.18. The number of rotatable bonds is 6. The molecular weight excluding hydrogens is 307 g/mol. The zero-order chi connectivity index (χ0) is 15.2. The Balaban J connectivity index is 2.15. The van der Waals surface area contributed by atoms with Crippen LogP contribution in [0.1, 0.15) is 11.1 Å². The Labute approximate surface area is 135 Å². The summed E-state index contributed by atoms with van der Waals surface area (Å²) >= 11 is 12.3. The van der Waals surface area contributed by atoms with Crippen molar-refractivity contribution in [1.82, 2.24) is 5.43 Å². The lowest BCUT2D eigenvalue weighted by molar-refractivity contribution is 0.404. The van der Waals surface area contributed by atoms with E-state index in [0.717, 1.165) is 23.3 Å². The molecule has 2 aromatic rings. The molecule has 1 atom stereocenters. The van der Waals surface area contributed by atoms with Gasteiger partial charge in [-0.2, -0.15) is 0 Å². The van der Waals surface area contributed by atoms with Crippen LogP contribution >= 0.6 is 23.2 Å². The highest BCUT2D eigenvalue weighted by Gasteiger charge is 2.14. The molecule has 0 bridgehead atoms. The van der Waals surface area contributed by atoms with E-state index in [1.54, 1.807) is 13.2 Å². The lowest BCUT2D eigenvalue weighted by Crippen LogP contribution is -2.38. The predicted molar refractivity (Wildman–Crippen MR) is 88.0 cm³/mol. The average molecular weight is 325 g/mol. The molecule has 0 spiro atoms. The Morgan fingerprint density at radius 1 is 1.05 bits per heavy atom. The Bertz CT molecular complexity index is 605. The second-order valence-electron chi connectivity index (χ2n) is 4.80. The van der Waals surface area contributed by atoms with Crippen molar-refractivity contribution in [2.24, 2.45) is 5.84 Å². The maximum atomic E-state index is 6.23. The first-order valence-corrected chi connectivity index (χ1v) is 7.42. The third kappa shape index (κ3) is 4.11. The first-order valence-electron chi connectivity index (χ1n) is 6.66. The zero-order valence-corrected chi connectivity index (χ0v) is 13.3. The standard InChI is InChI=1S/C16H18Cl2N2O/c1-21-15-8-3-2-5-11(15)9-13(20-19)10-12-6-4-7-14(17)16(12)18/h2-8,13,20H,9-10,19H2,1H3. The van der Waals surface area contributed by atoms with Gasteiger partial charge in [-0.1, -0.05) is 53.5 Å². The van der Waals surface area contributed by atoms with Crippen LogP contribution in [0, 0.1) is 0 Å². The van der Waals surface area contributed by atoms with Crippen LogP contribution in [0.15, 0.2) is 42.5 Å². The molecule has 3 nitrogen and oxygen atoms in total. The quantitative estimate of drug-likeness (QED) is 0.630. The van der Waals surface area contributed by atoms with Gasteiger partial charge in [-0.05, 0) is 36.1 Å². The van der Waals surface area contributed by atoms with Gasteiger partial charge in [-0.15, -0.1) is 0 Å². The summed E-state index contributed by atoms with van der Waals surface area (Å²) in [5.74, 6) is 6.54. The topological polar surface area (TPSA) is 47.3 Å². The molecule has 5 heteroatoms. The molecule has 0 aliphatic rings. The highest BCUT2D eigenvalue weighted by atomic mass is 35.5. The van der Waals surface area contributed by atoms with Crippen molar-refractivity contribution in [3.63, 3.8) is 0 Å². The van der Waals surface area contributed by atoms with E-state index < -0.39 is 0 Å². The summed E-state index contributed by atoms with van der Waals surface area (Å²) in [7, 11) is 1.66. The molecule has 2 rings (SSSR count). The van der Waals surface area contributed by atoms with Crippen LogP contribution in [0.5, 0.6) is 5.75 Å². The van der Waals surface area contributed by atoms with Crippen molar-refractivity contribution in [1.29, 1.82) is 0 Å². The molecule has 0 fully saturated rings. The summed E-state index contributed by atoms with van der Waals surface area (Å²) < 4.78 is 5.37. The average Bonchev–Trinajstić information content (AvgIpc) is 2.51. The number of halogens is 2. The predicted octanol–water partition coefficient (Wildman–Crippen LogP) is 3.62. The summed E-state index contributed by atoms with van der Waals surface area (Å²) in [5.41, 5.74) is 4.91. The van der Waals surface area contributed by atoms with Crippen LogP contribution < -0.4 is 16.0 Å². The number of hydrogen-bond acceptors (Lipinski definition) is 3. The molecule has 0 heterocycles. The van der Waals surface area contributed by atoms with Gasteiger partial charge in [0.2, 0.25) is 0 Å². The third-order valence-corrected chi connectivity index (χ3v) is 4.25. The number of nitrogens with one attached hydrogen (secondary N) is 1. The molecule has 2 aromatic carbocycles. The fourth-order valence-corrected chi connectivity index (χ4v) is 2.70. The van der Waals surface area contributed by atoms with Gasteiger partial charge in [0.1, 0.15) is 5.75 Å². The van der Waals surface area contributed by atoms with Crippen LogP contribution in [-0.2, 0) is 12.8 Å². The van der Waals surface area contributed by atoms with E-state index in [9.17, 15) is 0 Å². The Morgan fingerprint density at radius 2 is 1.71 bits per heavy atom. The van der Waals surface area contributed by atoms with E-state index in [4.69, 9.17) is 33.8 Å².